The Labute approximate surface area is 205 Å². The van der Waals surface area contributed by atoms with Crippen LogP contribution in [-0.4, -0.2) is 53.8 Å². The molecule has 0 aliphatic rings. The van der Waals surface area contributed by atoms with Crippen LogP contribution in [0.5, 0.6) is 0 Å². The molecule has 0 saturated heterocycles. The number of allylic oxidation sites excluding steroid dienone is 1. The predicted molar refractivity (Wildman–Crippen MR) is 130 cm³/mol. The van der Waals surface area contributed by atoms with Crippen LogP contribution in [0.15, 0.2) is 47.8 Å². The van der Waals surface area contributed by atoms with Crippen LogP contribution in [0.1, 0.15) is 47.1 Å². The van der Waals surface area contributed by atoms with Crippen molar-refractivity contribution in [3.63, 3.8) is 0 Å². The molecule has 0 unspecified atom stereocenters. The number of alkyl carbamates (subject to hydrolysis) is 1. The van der Waals surface area contributed by atoms with Gasteiger partial charge in [0.25, 0.3) is 11.8 Å². The molecule has 35 heavy (non-hydrogen) atoms. The van der Waals surface area contributed by atoms with Crippen molar-refractivity contribution in [2.75, 3.05) is 7.11 Å². The molecule has 0 aliphatic carbocycles. The van der Waals surface area contributed by atoms with Gasteiger partial charge in [0.05, 0.1) is 13.2 Å². The molecule has 0 fully saturated rings. The molecule has 10 nitrogen and oxygen atoms in total. The fourth-order valence-electron chi connectivity index (χ4n) is 2.71. The number of amides is 3. The molecule has 1 aromatic rings. The van der Waals surface area contributed by atoms with Crippen LogP contribution < -0.4 is 16.0 Å². The van der Waals surface area contributed by atoms with Crippen LogP contribution in [0.3, 0.4) is 0 Å². The zero-order valence-electron chi connectivity index (χ0n) is 21.2. The van der Waals surface area contributed by atoms with Crippen molar-refractivity contribution >= 4 is 30.0 Å². The van der Waals surface area contributed by atoms with Gasteiger partial charge in [-0.05, 0) is 45.3 Å². The third kappa shape index (κ3) is 10.9. The van der Waals surface area contributed by atoms with Gasteiger partial charge in [-0.25, -0.2) is 9.59 Å². The fraction of sp³-hybridized carbons (Fsp3) is 0.440. The van der Waals surface area contributed by atoms with Crippen LogP contribution in [0, 0.1) is 5.92 Å². The Morgan fingerprint density at radius 3 is 2.03 bits per heavy atom. The van der Waals surface area contributed by atoms with E-state index in [-0.39, 0.29) is 17.3 Å². The van der Waals surface area contributed by atoms with Crippen molar-refractivity contribution in [3.05, 3.63) is 53.4 Å². The molecule has 192 valence electrons. The van der Waals surface area contributed by atoms with Crippen LogP contribution in [-0.2, 0) is 23.9 Å². The SMILES string of the molecule is COC(=O)[C@@H](NC(=O)/C(=C/c1ccccc1)NC(=O)/C(=C/C(C)C)NC(=O)OC(C)(C)C)[C@@H](C)O. The number of carbonyl (C=O) groups excluding carboxylic acids is 4. The van der Waals surface area contributed by atoms with Gasteiger partial charge in [0, 0.05) is 0 Å². The molecule has 1 rings (SSSR count). The van der Waals surface area contributed by atoms with E-state index in [4.69, 9.17) is 4.74 Å². The highest BCUT2D eigenvalue weighted by Crippen LogP contribution is 2.10. The first-order valence-corrected chi connectivity index (χ1v) is 11.1. The Morgan fingerprint density at radius 2 is 1.54 bits per heavy atom. The third-order valence-corrected chi connectivity index (χ3v) is 4.21. The highest BCUT2D eigenvalue weighted by molar-refractivity contribution is 6.06. The Hall–Kier alpha value is -3.66. The number of hydrogen-bond donors (Lipinski definition) is 4. The van der Waals surface area contributed by atoms with Crippen molar-refractivity contribution in [1.82, 2.24) is 16.0 Å². The summed E-state index contributed by atoms with van der Waals surface area (Å²) in [6.45, 7) is 9.98. The lowest BCUT2D eigenvalue weighted by atomic mass is 10.1. The fourth-order valence-corrected chi connectivity index (χ4v) is 2.71. The van der Waals surface area contributed by atoms with E-state index in [9.17, 15) is 24.3 Å². The molecule has 0 bridgehead atoms. The van der Waals surface area contributed by atoms with Gasteiger partial charge in [0.2, 0.25) is 0 Å². The number of benzene rings is 1. The quantitative estimate of drug-likeness (QED) is 0.308. The van der Waals surface area contributed by atoms with Gasteiger partial charge in [0.15, 0.2) is 6.04 Å². The summed E-state index contributed by atoms with van der Waals surface area (Å²) in [6.07, 6.45) is 0.803. The summed E-state index contributed by atoms with van der Waals surface area (Å²) in [5.41, 5.74) is -0.553. The summed E-state index contributed by atoms with van der Waals surface area (Å²) in [6, 6.07) is 7.30. The van der Waals surface area contributed by atoms with E-state index in [0.29, 0.717) is 5.56 Å². The van der Waals surface area contributed by atoms with Crippen LogP contribution >= 0.6 is 0 Å². The number of carbonyl (C=O) groups is 4. The molecule has 0 spiro atoms. The van der Waals surface area contributed by atoms with E-state index in [2.05, 4.69) is 20.7 Å². The number of nitrogens with one attached hydrogen (secondary N) is 3. The highest BCUT2D eigenvalue weighted by atomic mass is 16.6. The van der Waals surface area contributed by atoms with Gasteiger partial charge >= 0.3 is 12.1 Å². The number of methoxy groups -OCH3 is 1. The van der Waals surface area contributed by atoms with Crippen LogP contribution in [0.25, 0.3) is 6.08 Å². The van der Waals surface area contributed by atoms with E-state index in [1.807, 2.05) is 0 Å². The largest absolute Gasteiger partial charge is 0.467 e. The highest BCUT2D eigenvalue weighted by Gasteiger charge is 2.29. The first-order valence-electron chi connectivity index (χ1n) is 11.1. The number of aliphatic hydroxyl groups excluding tert-OH is 1. The number of ether oxygens (including phenoxy) is 2. The van der Waals surface area contributed by atoms with E-state index in [1.165, 1.54) is 19.1 Å². The predicted octanol–water partition coefficient (Wildman–Crippen LogP) is 2.25. The standard InChI is InChI=1S/C25H35N3O7/c1-15(2)13-18(27-24(33)35-25(4,5)6)21(30)26-19(14-17-11-9-8-10-12-17)22(31)28-20(16(3)29)23(32)34-7/h8-16,20,29H,1-7H3,(H,26,30)(H,27,33)(H,28,31)/b18-13-,19-14-/t16-,20+/m1/s1. The molecule has 0 heterocycles. The second kappa shape index (κ2) is 13.3. The Morgan fingerprint density at radius 1 is 0.943 bits per heavy atom. The van der Waals surface area contributed by atoms with E-state index in [1.54, 1.807) is 65.0 Å². The van der Waals surface area contributed by atoms with E-state index in [0.717, 1.165) is 7.11 Å². The summed E-state index contributed by atoms with van der Waals surface area (Å²) in [7, 11) is 1.12. The molecule has 3 amide bonds. The van der Waals surface area contributed by atoms with Gasteiger partial charge < -0.3 is 25.2 Å². The molecule has 0 aliphatic heterocycles. The number of esters is 1. The zero-order chi connectivity index (χ0) is 26.8. The normalized spacial score (nSPS) is 14.0. The van der Waals surface area contributed by atoms with Crippen LogP contribution in [0.2, 0.25) is 0 Å². The molecule has 4 N–H and O–H groups in total. The van der Waals surface area contributed by atoms with Crippen molar-refractivity contribution in [2.45, 2.75) is 59.3 Å². The molecular formula is C25H35N3O7. The summed E-state index contributed by atoms with van der Waals surface area (Å²) in [5, 5.41) is 17.2. The van der Waals surface area contributed by atoms with Gasteiger partial charge in [-0.1, -0.05) is 50.3 Å². The van der Waals surface area contributed by atoms with Gasteiger partial charge in [-0.15, -0.1) is 0 Å². The summed E-state index contributed by atoms with van der Waals surface area (Å²) < 4.78 is 9.85. The molecular weight excluding hydrogens is 454 g/mol. The number of rotatable bonds is 9. The zero-order valence-corrected chi connectivity index (χ0v) is 21.2. The van der Waals surface area contributed by atoms with Crippen molar-refractivity contribution in [3.8, 4) is 0 Å². The first-order chi connectivity index (χ1) is 16.2. The Bertz CT molecular complexity index is 961. The smallest absolute Gasteiger partial charge is 0.412 e. The second-order valence-corrected chi connectivity index (χ2v) is 9.09. The number of aliphatic hydroxyl groups is 1. The summed E-state index contributed by atoms with van der Waals surface area (Å²) in [4.78, 5) is 50.4. The van der Waals surface area contributed by atoms with Gasteiger partial charge in [-0.2, -0.15) is 0 Å². The topological polar surface area (TPSA) is 143 Å². The molecule has 1 aromatic carbocycles. The molecule has 0 radical (unpaired) electrons. The maximum absolute atomic E-state index is 13.1. The van der Waals surface area contributed by atoms with Crippen molar-refractivity contribution < 1.29 is 33.8 Å². The third-order valence-electron chi connectivity index (χ3n) is 4.21. The lowest BCUT2D eigenvalue weighted by Crippen LogP contribution is -2.50. The molecule has 2 atom stereocenters. The van der Waals surface area contributed by atoms with E-state index >= 15 is 0 Å². The second-order valence-electron chi connectivity index (χ2n) is 9.09. The van der Waals surface area contributed by atoms with Gasteiger partial charge in [0.1, 0.15) is 17.0 Å². The maximum atomic E-state index is 13.1. The van der Waals surface area contributed by atoms with E-state index < -0.39 is 41.6 Å². The molecule has 0 saturated carbocycles. The lowest BCUT2D eigenvalue weighted by molar-refractivity contribution is -0.147. The summed E-state index contributed by atoms with van der Waals surface area (Å²) >= 11 is 0. The molecule has 0 aromatic heterocycles. The minimum absolute atomic E-state index is 0.124. The number of hydrogen-bond acceptors (Lipinski definition) is 7. The lowest BCUT2D eigenvalue weighted by Gasteiger charge is -2.22. The average molecular weight is 490 g/mol. The minimum Gasteiger partial charge on any atom is -0.467 e. The molecule has 10 heteroatoms. The maximum Gasteiger partial charge on any atom is 0.412 e. The average Bonchev–Trinajstić information content (AvgIpc) is 2.74. The first kappa shape index (κ1) is 29.4. The van der Waals surface area contributed by atoms with Crippen molar-refractivity contribution in [1.29, 1.82) is 0 Å². The van der Waals surface area contributed by atoms with Crippen LogP contribution in [0.4, 0.5) is 4.79 Å². The minimum atomic E-state index is -1.37. The Kier molecular flexibility index (Phi) is 11.1. The Balaban J connectivity index is 3.28. The monoisotopic (exact) mass is 489 g/mol. The van der Waals surface area contributed by atoms with Gasteiger partial charge in [-0.3, -0.25) is 14.9 Å². The van der Waals surface area contributed by atoms with Crippen molar-refractivity contribution in [2.24, 2.45) is 5.92 Å². The summed E-state index contributed by atoms with van der Waals surface area (Å²) in [5.74, 6) is -2.61.